The van der Waals surface area contributed by atoms with Gasteiger partial charge in [0.2, 0.25) is 35.4 Å². The molecular formula is C28H52FeN6O9+3. The van der Waals surface area contributed by atoms with Crippen molar-refractivity contribution < 1.29 is 61.5 Å². The number of unbranched alkanes of at least 4 members (excludes halogenated alkanes) is 6. The summed E-state index contributed by atoms with van der Waals surface area (Å²) in [5.41, 5.74) is 0. The maximum absolute atomic E-state index is 12.0. The van der Waals surface area contributed by atoms with Crippen LogP contribution in [0, 0.1) is 0 Å². The van der Waals surface area contributed by atoms with Crippen LogP contribution in [-0.2, 0) is 45.8 Å². The van der Waals surface area contributed by atoms with Crippen LogP contribution in [-0.4, -0.2) is 106 Å². The second-order valence-electron chi connectivity index (χ2n) is 10.3. The Bertz CT molecular complexity index is 865. The van der Waals surface area contributed by atoms with Crippen molar-refractivity contribution in [1.29, 1.82) is 0 Å². The summed E-state index contributed by atoms with van der Waals surface area (Å²) in [5.74, 6) is -2.13. The summed E-state index contributed by atoms with van der Waals surface area (Å²) in [6.45, 7) is 4.89. The number of hydrogen-bond acceptors (Lipinski definition) is 9. The first-order valence-electron chi connectivity index (χ1n) is 15.2. The molecule has 44 heavy (non-hydrogen) atoms. The van der Waals surface area contributed by atoms with Crippen LogP contribution in [0.5, 0.6) is 0 Å². The number of carbonyl (C=O) groups excluding carboxylic acids is 6. The Balaban J connectivity index is 0. The molecule has 6 N–H and O–H groups in total. The first kappa shape index (κ1) is 43.3. The van der Waals surface area contributed by atoms with Gasteiger partial charge in [-0.05, 0) is 57.8 Å². The molecule has 0 aromatic rings. The van der Waals surface area contributed by atoms with Gasteiger partial charge in [0.1, 0.15) is 0 Å². The Morgan fingerprint density at radius 2 is 0.841 bits per heavy atom. The van der Waals surface area contributed by atoms with E-state index in [2.05, 4.69) is 16.0 Å². The van der Waals surface area contributed by atoms with Crippen LogP contribution in [0.4, 0.5) is 0 Å². The van der Waals surface area contributed by atoms with Gasteiger partial charge in [0.15, 0.2) is 0 Å². The van der Waals surface area contributed by atoms with Gasteiger partial charge >= 0.3 is 17.1 Å². The molecule has 0 unspecified atom stereocenters. The second-order valence-corrected chi connectivity index (χ2v) is 10.3. The number of carbonyl (C=O) groups is 6. The van der Waals surface area contributed by atoms with Gasteiger partial charge < -0.3 is 16.0 Å². The van der Waals surface area contributed by atoms with E-state index in [0.29, 0.717) is 86.2 Å². The van der Waals surface area contributed by atoms with Gasteiger partial charge in [-0.3, -0.25) is 44.4 Å². The first-order chi connectivity index (χ1) is 20.5. The third-order valence-corrected chi connectivity index (χ3v) is 6.50. The topological polar surface area (TPSA) is 209 Å². The molecule has 6 amide bonds. The van der Waals surface area contributed by atoms with Crippen molar-refractivity contribution in [2.45, 2.75) is 104 Å². The van der Waals surface area contributed by atoms with Crippen molar-refractivity contribution in [2.75, 3.05) is 39.3 Å². The van der Waals surface area contributed by atoms with Crippen LogP contribution < -0.4 is 16.0 Å². The van der Waals surface area contributed by atoms with Crippen molar-refractivity contribution >= 4 is 35.4 Å². The van der Waals surface area contributed by atoms with E-state index in [1.165, 1.54) is 6.92 Å². The molecule has 0 aliphatic heterocycles. The number of nitrogens with one attached hydrogen (secondary N) is 3. The molecule has 253 valence electrons. The van der Waals surface area contributed by atoms with Crippen molar-refractivity contribution in [1.82, 2.24) is 31.1 Å². The molecule has 0 aliphatic carbocycles. The summed E-state index contributed by atoms with van der Waals surface area (Å²) in [4.78, 5) is 69.9. The zero-order chi connectivity index (χ0) is 32.5. The van der Waals surface area contributed by atoms with Crippen molar-refractivity contribution in [3.63, 3.8) is 0 Å². The second kappa shape index (κ2) is 27.7. The van der Waals surface area contributed by atoms with Gasteiger partial charge in [0, 0.05) is 78.3 Å². The van der Waals surface area contributed by atoms with E-state index in [4.69, 9.17) is 0 Å². The monoisotopic (exact) mass is 672 g/mol. The number of rotatable bonds is 25. The van der Waals surface area contributed by atoms with Crippen molar-refractivity contribution in [3.8, 4) is 0 Å². The molecule has 16 heteroatoms. The van der Waals surface area contributed by atoms with Crippen LogP contribution in [0.25, 0.3) is 0 Å². The Labute approximate surface area is 270 Å². The fraction of sp³-hybridized carbons (Fsp3) is 0.786. The maximum atomic E-state index is 12.0. The average Bonchev–Trinajstić information content (AvgIpc) is 2.98. The Morgan fingerprint density at radius 3 is 1.18 bits per heavy atom. The number of amides is 6. The number of hydrogen-bond donors (Lipinski definition) is 6. The molecule has 0 heterocycles. The fourth-order valence-electron chi connectivity index (χ4n) is 3.78. The van der Waals surface area contributed by atoms with Gasteiger partial charge in [-0.25, -0.2) is 15.2 Å². The number of nitrogens with zero attached hydrogens (tertiary/aromatic N) is 3. The molecular weight excluding hydrogens is 620 g/mol. The van der Waals surface area contributed by atoms with E-state index in [1.807, 2.05) is 0 Å². The summed E-state index contributed by atoms with van der Waals surface area (Å²) >= 11 is 0. The SMILES string of the molecule is CCC(=O)NCCCCCN(O)C(=O)CCC(=O)NCCCCCN(O)C(=O)CCC(=O)NCCCCCN(O)C(C)=O.[Fe+3]. The van der Waals surface area contributed by atoms with Gasteiger partial charge in [-0.15, -0.1) is 0 Å². The van der Waals surface area contributed by atoms with Crippen LogP contribution in [0.1, 0.15) is 104 Å². The third kappa shape index (κ3) is 24.6. The van der Waals surface area contributed by atoms with Crippen LogP contribution >= 0.6 is 0 Å². The molecule has 0 fully saturated rings. The molecule has 1 radical (unpaired) electrons. The van der Waals surface area contributed by atoms with Crippen LogP contribution in [0.3, 0.4) is 0 Å². The molecule has 0 saturated heterocycles. The minimum absolute atomic E-state index is 0. The molecule has 0 spiro atoms. The largest absolute Gasteiger partial charge is 3.00 e. The first-order valence-corrected chi connectivity index (χ1v) is 15.2. The predicted molar refractivity (Wildman–Crippen MR) is 156 cm³/mol. The van der Waals surface area contributed by atoms with Gasteiger partial charge in [0.05, 0.1) is 0 Å². The summed E-state index contributed by atoms with van der Waals surface area (Å²) in [5, 5.41) is 39.0. The molecule has 0 aliphatic rings. The van der Waals surface area contributed by atoms with Crippen LogP contribution in [0.2, 0.25) is 0 Å². The zero-order valence-corrected chi connectivity index (χ0v) is 27.2. The summed E-state index contributed by atoms with van der Waals surface area (Å²) in [7, 11) is 0. The summed E-state index contributed by atoms with van der Waals surface area (Å²) in [6.07, 6.45) is 5.91. The Morgan fingerprint density at radius 1 is 0.500 bits per heavy atom. The molecule has 0 aromatic carbocycles. The van der Waals surface area contributed by atoms with E-state index in [0.717, 1.165) is 12.8 Å². The smallest absolute Gasteiger partial charge is 0.356 e. The maximum Gasteiger partial charge on any atom is 3.00 e. The minimum Gasteiger partial charge on any atom is -0.356 e. The van der Waals surface area contributed by atoms with Crippen molar-refractivity contribution in [3.05, 3.63) is 0 Å². The molecule has 0 rings (SSSR count). The standard InChI is InChI=1S/C28H52N6O9.Fe/c1-3-24(36)29-17-7-5-11-21-33(42)27(39)16-14-26(38)31-19-9-6-12-22-34(43)28(40)15-13-25(37)30-18-8-4-10-20-32(41)23(2)35;/h41-43H,3-22H2,1-2H3,(H,29,36)(H,30,37)(H,31,38);/q;+3. The van der Waals surface area contributed by atoms with Crippen molar-refractivity contribution in [2.24, 2.45) is 0 Å². The van der Waals surface area contributed by atoms with Gasteiger partial charge in [-0.1, -0.05) is 6.92 Å². The molecule has 0 bridgehead atoms. The summed E-state index contributed by atoms with van der Waals surface area (Å²) in [6, 6.07) is 0. The summed E-state index contributed by atoms with van der Waals surface area (Å²) < 4.78 is 0. The Kier molecular flexibility index (Phi) is 27.3. The Hall–Kier alpha value is -2.78. The average molecular weight is 673 g/mol. The number of hydroxylamine groups is 6. The zero-order valence-electron chi connectivity index (χ0n) is 26.1. The van der Waals surface area contributed by atoms with E-state index in [-0.39, 0.29) is 80.1 Å². The van der Waals surface area contributed by atoms with Gasteiger partial charge in [-0.2, -0.15) is 0 Å². The van der Waals surface area contributed by atoms with E-state index < -0.39 is 17.7 Å². The van der Waals surface area contributed by atoms with Gasteiger partial charge in [0.25, 0.3) is 0 Å². The molecule has 15 nitrogen and oxygen atoms in total. The third-order valence-electron chi connectivity index (χ3n) is 6.50. The molecule has 0 aromatic heterocycles. The molecule has 0 atom stereocenters. The normalized spacial score (nSPS) is 10.3. The van der Waals surface area contributed by atoms with E-state index in [9.17, 15) is 44.4 Å². The van der Waals surface area contributed by atoms with E-state index >= 15 is 0 Å². The minimum atomic E-state index is -0.557. The van der Waals surface area contributed by atoms with E-state index in [1.54, 1.807) is 6.92 Å². The quantitative estimate of drug-likeness (QED) is 0.0359. The fourth-order valence-corrected chi connectivity index (χ4v) is 3.78. The predicted octanol–water partition coefficient (Wildman–Crippen LogP) is 1.49. The van der Waals surface area contributed by atoms with Crippen LogP contribution in [0.15, 0.2) is 0 Å². The molecule has 0 saturated carbocycles.